The maximum Gasteiger partial charge on any atom is 0.225 e. The summed E-state index contributed by atoms with van der Waals surface area (Å²) in [6, 6.07) is 17.3. The van der Waals surface area contributed by atoms with Crippen LogP contribution in [-0.2, 0) is 0 Å². The number of nitrogens with zero attached hydrogens (tertiary/aromatic N) is 7. The van der Waals surface area contributed by atoms with E-state index < -0.39 is 0 Å². The number of nitrogens with one attached hydrogen (secondary N) is 1. The maximum atomic E-state index is 8.65. The predicted octanol–water partition coefficient (Wildman–Crippen LogP) is 4.93. The Balaban J connectivity index is 1.67. The summed E-state index contributed by atoms with van der Waals surface area (Å²) in [6.45, 7) is 2.06. The number of azide groups is 1. The highest BCUT2D eigenvalue weighted by atomic mass is 15.2. The van der Waals surface area contributed by atoms with Gasteiger partial charge in [0.25, 0.3) is 0 Å². The van der Waals surface area contributed by atoms with Gasteiger partial charge in [-0.25, -0.2) is 9.97 Å². The van der Waals surface area contributed by atoms with Crippen molar-refractivity contribution < 1.29 is 0 Å². The van der Waals surface area contributed by atoms with E-state index in [4.69, 9.17) is 5.53 Å². The zero-order chi connectivity index (χ0) is 18.6. The van der Waals surface area contributed by atoms with Gasteiger partial charge in [0.05, 0.1) is 17.1 Å². The van der Waals surface area contributed by atoms with Gasteiger partial charge in [0.1, 0.15) is 12.1 Å². The molecule has 1 N–H and O–H groups in total. The lowest BCUT2D eigenvalue weighted by molar-refractivity contribution is 0.854. The molecule has 132 valence electrons. The normalized spacial score (nSPS) is 11.7. The number of rotatable bonds is 5. The van der Waals surface area contributed by atoms with Crippen LogP contribution in [0.5, 0.6) is 0 Å². The highest BCUT2D eigenvalue weighted by Crippen LogP contribution is 2.23. The molecule has 4 aromatic rings. The van der Waals surface area contributed by atoms with Gasteiger partial charge in [0.15, 0.2) is 0 Å². The minimum absolute atomic E-state index is 0.0672. The first-order valence-electron chi connectivity index (χ1n) is 8.42. The first kappa shape index (κ1) is 16.6. The van der Waals surface area contributed by atoms with Crippen LogP contribution in [0, 0.1) is 0 Å². The molecule has 0 aliphatic rings. The number of hydrogen-bond donors (Lipinski definition) is 1. The molecule has 2 aromatic heterocycles. The molecule has 1 atom stereocenters. The van der Waals surface area contributed by atoms with E-state index >= 15 is 0 Å². The lowest BCUT2D eigenvalue weighted by Gasteiger charge is -2.14. The van der Waals surface area contributed by atoms with Crippen molar-refractivity contribution >= 4 is 22.7 Å². The minimum atomic E-state index is 0.0672. The van der Waals surface area contributed by atoms with E-state index in [-0.39, 0.29) is 6.04 Å². The Morgan fingerprint density at radius 3 is 2.78 bits per heavy atom. The van der Waals surface area contributed by atoms with Gasteiger partial charge in [0.2, 0.25) is 5.95 Å². The van der Waals surface area contributed by atoms with E-state index in [1.54, 1.807) is 30.7 Å². The van der Waals surface area contributed by atoms with Gasteiger partial charge in [-0.1, -0.05) is 41.5 Å². The maximum absolute atomic E-state index is 8.65. The second-order valence-corrected chi connectivity index (χ2v) is 5.99. The van der Waals surface area contributed by atoms with Crippen molar-refractivity contribution in [3.63, 3.8) is 0 Å². The molecule has 2 heterocycles. The quantitative estimate of drug-likeness (QED) is 0.311. The first-order valence-corrected chi connectivity index (χ1v) is 8.42. The Morgan fingerprint density at radius 1 is 1.11 bits per heavy atom. The van der Waals surface area contributed by atoms with E-state index in [0.29, 0.717) is 17.5 Å². The number of aromatic nitrogens is 4. The molecule has 0 saturated heterocycles. The summed E-state index contributed by atoms with van der Waals surface area (Å²) in [5.74, 6) is 1.20. The van der Waals surface area contributed by atoms with Gasteiger partial charge >= 0.3 is 0 Å². The summed E-state index contributed by atoms with van der Waals surface area (Å²) in [7, 11) is 0. The van der Waals surface area contributed by atoms with Crippen molar-refractivity contribution in [2.45, 2.75) is 13.0 Å². The van der Waals surface area contributed by atoms with Crippen LogP contribution in [0.25, 0.3) is 27.3 Å². The smallest absolute Gasteiger partial charge is 0.225 e. The standard InChI is InChI=1S/C19H16N8/c1-13(14-5-3-2-4-6-14)23-19-21-10-9-18(24-19)27-12-22-16-8-7-15(25-26-20)11-17(16)27/h2-13H,1H3,(H,21,23,24). The largest absolute Gasteiger partial charge is 0.348 e. The van der Waals surface area contributed by atoms with Gasteiger partial charge < -0.3 is 5.32 Å². The second-order valence-electron chi connectivity index (χ2n) is 5.99. The lowest BCUT2D eigenvalue weighted by Crippen LogP contribution is -2.10. The zero-order valence-corrected chi connectivity index (χ0v) is 14.6. The number of benzene rings is 2. The van der Waals surface area contributed by atoms with Gasteiger partial charge in [-0.2, -0.15) is 4.98 Å². The lowest BCUT2D eigenvalue weighted by atomic mass is 10.1. The third-order valence-corrected chi connectivity index (χ3v) is 4.22. The molecule has 0 fully saturated rings. The highest BCUT2D eigenvalue weighted by Gasteiger charge is 2.10. The van der Waals surface area contributed by atoms with Gasteiger partial charge in [-0.15, -0.1) is 0 Å². The Bertz CT molecular complexity index is 1130. The Kier molecular flexibility index (Phi) is 4.38. The molecule has 27 heavy (non-hydrogen) atoms. The average molecular weight is 356 g/mol. The number of imidazole rings is 1. The summed E-state index contributed by atoms with van der Waals surface area (Å²) in [5, 5.41) is 6.97. The van der Waals surface area contributed by atoms with Gasteiger partial charge in [-0.05, 0) is 36.2 Å². The van der Waals surface area contributed by atoms with E-state index in [1.165, 1.54) is 0 Å². The molecule has 0 aliphatic carbocycles. The van der Waals surface area contributed by atoms with Crippen LogP contribution in [0.1, 0.15) is 18.5 Å². The molecule has 0 saturated carbocycles. The summed E-state index contributed by atoms with van der Waals surface area (Å²) >= 11 is 0. The van der Waals surface area contributed by atoms with Crippen LogP contribution >= 0.6 is 0 Å². The van der Waals surface area contributed by atoms with Crippen LogP contribution in [0.3, 0.4) is 0 Å². The van der Waals surface area contributed by atoms with Gasteiger partial charge in [0, 0.05) is 16.8 Å². The highest BCUT2D eigenvalue weighted by molar-refractivity contribution is 5.80. The number of fused-ring (bicyclic) bond motifs is 1. The molecule has 8 nitrogen and oxygen atoms in total. The summed E-state index contributed by atoms with van der Waals surface area (Å²) in [6.07, 6.45) is 3.39. The first-order chi connectivity index (χ1) is 13.2. The molecule has 0 radical (unpaired) electrons. The monoisotopic (exact) mass is 356 g/mol. The number of hydrogen-bond acceptors (Lipinski definition) is 5. The third-order valence-electron chi connectivity index (χ3n) is 4.22. The fraction of sp³-hybridized carbons (Fsp3) is 0.105. The van der Waals surface area contributed by atoms with Crippen LogP contribution in [-0.4, -0.2) is 19.5 Å². The minimum Gasteiger partial charge on any atom is -0.348 e. The molecular weight excluding hydrogens is 340 g/mol. The second kappa shape index (κ2) is 7.15. The van der Waals surface area contributed by atoms with Crippen molar-refractivity contribution in [3.05, 3.63) is 83.1 Å². The van der Waals surface area contributed by atoms with E-state index in [0.717, 1.165) is 16.6 Å². The molecule has 2 aromatic carbocycles. The molecule has 4 rings (SSSR count). The Morgan fingerprint density at radius 2 is 1.96 bits per heavy atom. The molecule has 1 unspecified atom stereocenters. The fourth-order valence-electron chi connectivity index (χ4n) is 2.86. The predicted molar refractivity (Wildman–Crippen MR) is 104 cm³/mol. The summed E-state index contributed by atoms with van der Waals surface area (Å²) in [4.78, 5) is 16.1. The van der Waals surface area contributed by atoms with Gasteiger partial charge in [-0.3, -0.25) is 4.57 Å². The Labute approximate surface area is 155 Å². The molecule has 8 heteroatoms. The zero-order valence-electron chi connectivity index (χ0n) is 14.6. The molecule has 0 spiro atoms. The molecule has 0 amide bonds. The third kappa shape index (κ3) is 3.42. The Hall–Kier alpha value is -3.90. The van der Waals surface area contributed by atoms with Crippen molar-refractivity contribution in [1.82, 2.24) is 19.5 Å². The van der Waals surface area contributed by atoms with Crippen molar-refractivity contribution in [2.75, 3.05) is 5.32 Å². The number of anilines is 1. The molecule has 0 bridgehead atoms. The van der Waals surface area contributed by atoms with Crippen molar-refractivity contribution in [1.29, 1.82) is 0 Å². The van der Waals surface area contributed by atoms with Crippen LogP contribution < -0.4 is 5.32 Å². The topological polar surface area (TPSA) is 104 Å². The molecular formula is C19H16N8. The summed E-state index contributed by atoms with van der Waals surface area (Å²) < 4.78 is 1.84. The molecule has 0 aliphatic heterocycles. The fourth-order valence-corrected chi connectivity index (χ4v) is 2.86. The van der Waals surface area contributed by atoms with Crippen LogP contribution in [0.2, 0.25) is 0 Å². The van der Waals surface area contributed by atoms with Crippen molar-refractivity contribution in [2.24, 2.45) is 5.11 Å². The van der Waals surface area contributed by atoms with Crippen molar-refractivity contribution in [3.8, 4) is 5.82 Å². The van der Waals surface area contributed by atoms with Crippen LogP contribution in [0.4, 0.5) is 11.6 Å². The van der Waals surface area contributed by atoms with E-state index in [9.17, 15) is 0 Å². The van der Waals surface area contributed by atoms with E-state index in [1.807, 2.05) is 28.8 Å². The summed E-state index contributed by atoms with van der Waals surface area (Å²) in [5.41, 5.74) is 11.9. The average Bonchev–Trinajstić information content (AvgIpc) is 3.12. The van der Waals surface area contributed by atoms with E-state index in [2.05, 4.69) is 49.4 Å². The van der Waals surface area contributed by atoms with Crippen LogP contribution in [0.15, 0.2) is 72.2 Å². The SMILES string of the molecule is CC(Nc1nccc(-n2cnc3ccc(N=[N+]=[N-])cc32)n1)c1ccccc1.